The van der Waals surface area contributed by atoms with Gasteiger partial charge >= 0.3 is 0 Å². The summed E-state index contributed by atoms with van der Waals surface area (Å²) in [4.78, 5) is 0.255. The zero-order chi connectivity index (χ0) is 12.8. The summed E-state index contributed by atoms with van der Waals surface area (Å²) in [5, 5.41) is 0.0850. The SMILES string of the molecule is CS(=O)(=O)[C@@H]1[C@H](C(N)=S)[C@@H]1c1cccc(Cl)c1. The van der Waals surface area contributed by atoms with Gasteiger partial charge in [-0.15, -0.1) is 0 Å². The topological polar surface area (TPSA) is 60.2 Å². The summed E-state index contributed by atoms with van der Waals surface area (Å²) >= 11 is 10.8. The van der Waals surface area contributed by atoms with Crippen molar-refractivity contribution in [1.82, 2.24) is 0 Å². The van der Waals surface area contributed by atoms with E-state index in [1.54, 1.807) is 18.2 Å². The molecule has 17 heavy (non-hydrogen) atoms. The number of nitrogens with two attached hydrogens (primary N) is 1. The van der Waals surface area contributed by atoms with Crippen LogP contribution in [0, 0.1) is 5.92 Å². The molecule has 0 unspecified atom stereocenters. The van der Waals surface area contributed by atoms with E-state index in [0.29, 0.717) is 5.02 Å². The molecule has 1 fully saturated rings. The predicted molar refractivity (Wildman–Crippen MR) is 73.1 cm³/mol. The van der Waals surface area contributed by atoms with Gasteiger partial charge in [0.2, 0.25) is 0 Å². The molecule has 0 radical (unpaired) electrons. The van der Waals surface area contributed by atoms with Gasteiger partial charge in [-0.1, -0.05) is 36.0 Å². The normalized spacial score (nSPS) is 27.8. The van der Waals surface area contributed by atoms with E-state index in [1.165, 1.54) is 6.26 Å². The van der Waals surface area contributed by atoms with E-state index in [1.807, 2.05) is 6.07 Å². The van der Waals surface area contributed by atoms with Crippen molar-refractivity contribution in [3.63, 3.8) is 0 Å². The third-order valence-electron chi connectivity index (χ3n) is 3.01. The molecule has 1 aromatic rings. The van der Waals surface area contributed by atoms with Crippen LogP contribution in [0.4, 0.5) is 0 Å². The number of rotatable bonds is 3. The number of benzene rings is 1. The fraction of sp³-hybridized carbons (Fsp3) is 0.364. The van der Waals surface area contributed by atoms with Gasteiger partial charge in [0.25, 0.3) is 0 Å². The second-order valence-corrected chi connectivity index (χ2v) is 7.41. The molecule has 0 bridgehead atoms. The first kappa shape index (κ1) is 12.8. The van der Waals surface area contributed by atoms with Crippen molar-refractivity contribution in [3.05, 3.63) is 34.9 Å². The van der Waals surface area contributed by atoms with Crippen LogP contribution in [0.15, 0.2) is 24.3 Å². The lowest BCUT2D eigenvalue weighted by Gasteiger charge is -2.00. The van der Waals surface area contributed by atoms with Gasteiger partial charge in [-0.2, -0.15) is 0 Å². The third kappa shape index (κ3) is 2.46. The Hall–Kier alpha value is -0.650. The minimum Gasteiger partial charge on any atom is -0.393 e. The molecule has 1 aliphatic carbocycles. The van der Waals surface area contributed by atoms with Crippen molar-refractivity contribution in [2.24, 2.45) is 11.7 Å². The minimum absolute atomic E-state index is 0.152. The van der Waals surface area contributed by atoms with Crippen LogP contribution in [0.2, 0.25) is 5.02 Å². The highest BCUT2D eigenvalue weighted by Crippen LogP contribution is 2.52. The first-order chi connectivity index (χ1) is 7.82. The Morgan fingerprint density at radius 2 is 2.12 bits per heavy atom. The van der Waals surface area contributed by atoms with Crippen LogP contribution in [-0.2, 0) is 9.84 Å². The summed E-state index contributed by atoms with van der Waals surface area (Å²) in [7, 11) is -3.14. The maximum absolute atomic E-state index is 11.6. The molecule has 1 aliphatic rings. The predicted octanol–water partition coefficient (Wildman–Crippen LogP) is 1.75. The van der Waals surface area contributed by atoms with Gasteiger partial charge in [0, 0.05) is 23.1 Å². The average Bonchev–Trinajstić information content (AvgIpc) is 2.91. The van der Waals surface area contributed by atoms with E-state index in [9.17, 15) is 8.42 Å². The summed E-state index contributed by atoms with van der Waals surface area (Å²) in [6, 6.07) is 7.17. The van der Waals surface area contributed by atoms with E-state index in [-0.39, 0.29) is 16.8 Å². The summed E-state index contributed by atoms with van der Waals surface area (Å²) < 4.78 is 23.3. The fourth-order valence-corrected chi connectivity index (χ4v) is 4.46. The molecule has 0 amide bonds. The van der Waals surface area contributed by atoms with E-state index in [2.05, 4.69) is 0 Å². The Morgan fingerprint density at radius 1 is 1.47 bits per heavy atom. The number of thiocarbonyl (C=S) groups is 1. The van der Waals surface area contributed by atoms with Crippen LogP contribution < -0.4 is 5.73 Å². The number of sulfone groups is 1. The average molecular weight is 290 g/mol. The van der Waals surface area contributed by atoms with Crippen LogP contribution in [0.3, 0.4) is 0 Å². The Labute approximate surface area is 111 Å². The molecule has 0 aliphatic heterocycles. The van der Waals surface area contributed by atoms with E-state index in [4.69, 9.17) is 29.6 Å². The molecule has 6 heteroatoms. The van der Waals surface area contributed by atoms with Crippen LogP contribution in [0.25, 0.3) is 0 Å². The molecule has 1 aromatic carbocycles. The van der Waals surface area contributed by atoms with Gasteiger partial charge in [-0.25, -0.2) is 8.42 Å². The van der Waals surface area contributed by atoms with Crippen molar-refractivity contribution in [2.75, 3.05) is 6.26 Å². The smallest absolute Gasteiger partial charge is 0.151 e. The lowest BCUT2D eigenvalue weighted by molar-refractivity contribution is 0.599. The lowest BCUT2D eigenvalue weighted by atomic mass is 10.1. The van der Waals surface area contributed by atoms with Gasteiger partial charge in [-0.3, -0.25) is 0 Å². The van der Waals surface area contributed by atoms with Crippen LogP contribution >= 0.6 is 23.8 Å². The largest absolute Gasteiger partial charge is 0.393 e. The monoisotopic (exact) mass is 289 g/mol. The summed E-state index contributed by atoms with van der Waals surface area (Å²) in [5.41, 5.74) is 6.46. The summed E-state index contributed by atoms with van der Waals surface area (Å²) in [6.07, 6.45) is 1.22. The fourth-order valence-electron chi connectivity index (χ4n) is 2.27. The molecule has 3 atom stereocenters. The highest BCUT2D eigenvalue weighted by molar-refractivity contribution is 7.91. The van der Waals surface area contributed by atoms with Crippen LogP contribution in [-0.4, -0.2) is 24.9 Å². The van der Waals surface area contributed by atoms with Crippen molar-refractivity contribution in [3.8, 4) is 0 Å². The van der Waals surface area contributed by atoms with Crippen molar-refractivity contribution >= 4 is 38.6 Å². The van der Waals surface area contributed by atoms with Crippen molar-refractivity contribution < 1.29 is 8.42 Å². The molecular weight excluding hydrogens is 278 g/mol. The quantitative estimate of drug-likeness (QED) is 0.861. The molecule has 3 nitrogen and oxygen atoms in total. The zero-order valence-corrected chi connectivity index (χ0v) is 11.5. The molecule has 0 spiro atoms. The maximum atomic E-state index is 11.6. The van der Waals surface area contributed by atoms with Gasteiger partial charge in [0.05, 0.1) is 10.2 Å². The molecule has 0 aromatic heterocycles. The van der Waals surface area contributed by atoms with Crippen LogP contribution in [0.5, 0.6) is 0 Å². The molecular formula is C11H12ClNO2S2. The number of hydrogen-bond acceptors (Lipinski definition) is 3. The summed E-state index contributed by atoms with van der Waals surface area (Å²) in [5.74, 6) is -0.417. The van der Waals surface area contributed by atoms with Gasteiger partial charge < -0.3 is 5.73 Å². The molecule has 2 rings (SSSR count). The first-order valence-electron chi connectivity index (χ1n) is 5.06. The third-order valence-corrected chi connectivity index (χ3v) is 5.09. The number of halogens is 1. The minimum atomic E-state index is -3.14. The Balaban J connectivity index is 2.37. The second kappa shape index (κ2) is 4.23. The van der Waals surface area contributed by atoms with Gasteiger partial charge in [-0.05, 0) is 17.7 Å². The first-order valence-corrected chi connectivity index (χ1v) is 7.80. The molecule has 1 saturated carbocycles. The highest BCUT2D eigenvalue weighted by Gasteiger charge is 2.58. The highest BCUT2D eigenvalue weighted by atomic mass is 35.5. The summed E-state index contributed by atoms with van der Waals surface area (Å²) in [6.45, 7) is 0. The standard InChI is InChI=1S/C11H12ClNO2S2/c1-17(14,15)10-8(9(10)11(13)16)6-3-2-4-7(12)5-6/h2-5,8-10H,1H3,(H2,13,16)/t8-,9+,10-/m0/s1. The molecule has 0 saturated heterocycles. The number of hydrogen-bond donors (Lipinski definition) is 1. The zero-order valence-electron chi connectivity index (χ0n) is 9.13. The Morgan fingerprint density at radius 3 is 2.53 bits per heavy atom. The maximum Gasteiger partial charge on any atom is 0.151 e. The second-order valence-electron chi connectivity index (χ2n) is 4.30. The van der Waals surface area contributed by atoms with E-state index >= 15 is 0 Å². The Kier molecular flexibility index (Phi) is 3.18. The van der Waals surface area contributed by atoms with Gasteiger partial charge in [0.15, 0.2) is 9.84 Å². The van der Waals surface area contributed by atoms with Gasteiger partial charge in [0.1, 0.15) is 0 Å². The lowest BCUT2D eigenvalue weighted by Crippen LogP contribution is -2.16. The van der Waals surface area contributed by atoms with Crippen molar-refractivity contribution in [1.29, 1.82) is 0 Å². The van der Waals surface area contributed by atoms with E-state index in [0.717, 1.165) is 5.56 Å². The molecule has 92 valence electrons. The van der Waals surface area contributed by atoms with E-state index < -0.39 is 15.1 Å². The molecule has 0 heterocycles. The van der Waals surface area contributed by atoms with Crippen molar-refractivity contribution in [2.45, 2.75) is 11.2 Å². The Bertz CT molecular complexity index is 571. The van der Waals surface area contributed by atoms with Crippen LogP contribution in [0.1, 0.15) is 11.5 Å². The molecule has 2 N–H and O–H groups in total.